The van der Waals surface area contributed by atoms with Crippen molar-refractivity contribution in [3.8, 4) is 0 Å². The molecule has 0 spiro atoms. The SMILES string of the molecule is CC1(C)CC[C@]2(C(=O)O)CC[C@]3(C)C(=C2C1)CC[C@@H]1[C@@]2(C)CC[C@H](O)C(C)(C)[C@@H]2CC[C@]13C.CCO. The molecular formula is C32H54O4. The summed E-state index contributed by atoms with van der Waals surface area (Å²) in [5, 5.41) is 28.9. The van der Waals surface area contributed by atoms with Crippen LogP contribution in [0.15, 0.2) is 11.1 Å². The predicted octanol–water partition coefficient (Wildman–Crippen LogP) is 7.38. The van der Waals surface area contributed by atoms with E-state index in [1.54, 1.807) is 12.5 Å². The number of hydrogen-bond acceptors (Lipinski definition) is 3. The minimum Gasteiger partial charge on any atom is -0.481 e. The maximum atomic E-state index is 12.7. The van der Waals surface area contributed by atoms with Gasteiger partial charge in [-0.1, -0.05) is 59.6 Å². The number of aliphatic hydroxyl groups excluding tert-OH is 2. The van der Waals surface area contributed by atoms with E-state index in [0.717, 1.165) is 51.4 Å². The molecule has 7 atom stereocenters. The van der Waals surface area contributed by atoms with Crippen LogP contribution in [0.1, 0.15) is 126 Å². The Labute approximate surface area is 220 Å². The van der Waals surface area contributed by atoms with Crippen LogP contribution in [-0.4, -0.2) is 34.0 Å². The Morgan fingerprint density at radius 1 is 0.833 bits per heavy atom. The van der Waals surface area contributed by atoms with Gasteiger partial charge in [-0.25, -0.2) is 0 Å². The Bertz CT molecular complexity index is 917. The Hall–Kier alpha value is -0.870. The van der Waals surface area contributed by atoms with E-state index < -0.39 is 11.4 Å². The maximum absolute atomic E-state index is 12.7. The molecule has 3 N–H and O–H groups in total. The van der Waals surface area contributed by atoms with Gasteiger partial charge < -0.3 is 15.3 Å². The first-order valence-corrected chi connectivity index (χ1v) is 14.8. The molecule has 0 saturated heterocycles. The molecule has 0 heterocycles. The third-order valence-corrected chi connectivity index (χ3v) is 12.9. The second-order valence-electron chi connectivity index (χ2n) is 15.3. The van der Waals surface area contributed by atoms with E-state index in [1.165, 1.54) is 24.8 Å². The molecule has 0 unspecified atom stereocenters. The van der Waals surface area contributed by atoms with Crippen LogP contribution >= 0.6 is 0 Å². The maximum Gasteiger partial charge on any atom is 0.313 e. The fraction of sp³-hybridized carbons (Fsp3) is 0.906. The molecule has 5 rings (SSSR count). The standard InChI is InChI=1S/C30H48O3.C2H6O/c1-25(2)14-16-30(24(32)33)17-15-28(6)19(20(30)18-25)8-9-22-27(5)12-11-23(31)26(3,4)21(27)10-13-29(22,28)7;1-2-3/h21-23,31H,8-18H2,1-7H3,(H,32,33);3H,2H2,1H3/t21-,22+,23-,27-,28+,29+,30-;/m0./s1. The normalized spacial score (nSPS) is 46.8. The first-order chi connectivity index (χ1) is 16.6. The molecule has 0 aromatic rings. The van der Waals surface area contributed by atoms with Crippen LogP contribution in [-0.2, 0) is 4.79 Å². The number of carboxylic acid groups (broad SMARTS) is 1. The summed E-state index contributed by atoms with van der Waals surface area (Å²) in [5.74, 6) is 0.660. The fourth-order valence-electron chi connectivity index (χ4n) is 10.6. The number of hydrogen-bond donors (Lipinski definition) is 3. The summed E-state index contributed by atoms with van der Waals surface area (Å²) < 4.78 is 0. The highest BCUT2D eigenvalue weighted by Gasteiger charge is 2.68. The highest BCUT2D eigenvalue weighted by atomic mass is 16.4. The van der Waals surface area contributed by atoms with Gasteiger partial charge in [-0.15, -0.1) is 0 Å². The number of aliphatic carboxylic acids is 1. The molecule has 0 aliphatic heterocycles. The molecule has 5 aliphatic carbocycles. The van der Waals surface area contributed by atoms with Gasteiger partial charge in [-0.05, 0) is 116 Å². The van der Waals surface area contributed by atoms with Crippen LogP contribution in [0.3, 0.4) is 0 Å². The molecule has 206 valence electrons. The molecule has 4 nitrogen and oxygen atoms in total. The number of allylic oxidation sites excluding steroid dienone is 1. The molecule has 0 radical (unpaired) electrons. The molecule has 0 aromatic carbocycles. The third kappa shape index (κ3) is 3.70. The number of carboxylic acids is 1. The van der Waals surface area contributed by atoms with E-state index in [9.17, 15) is 15.0 Å². The van der Waals surface area contributed by atoms with E-state index in [-0.39, 0.29) is 39.8 Å². The monoisotopic (exact) mass is 502 g/mol. The number of rotatable bonds is 1. The van der Waals surface area contributed by atoms with E-state index in [1.807, 2.05) is 0 Å². The van der Waals surface area contributed by atoms with Crippen molar-refractivity contribution in [2.45, 2.75) is 132 Å². The zero-order valence-electron chi connectivity index (χ0n) is 24.5. The minimum absolute atomic E-state index is 0.0214. The van der Waals surface area contributed by atoms with Gasteiger partial charge >= 0.3 is 5.97 Å². The number of carbonyl (C=O) groups is 1. The highest BCUT2D eigenvalue weighted by molar-refractivity contribution is 5.80. The average molecular weight is 503 g/mol. The van der Waals surface area contributed by atoms with Gasteiger partial charge in [0.2, 0.25) is 0 Å². The topological polar surface area (TPSA) is 77.8 Å². The Morgan fingerprint density at radius 3 is 2.06 bits per heavy atom. The molecule has 36 heavy (non-hydrogen) atoms. The summed E-state index contributed by atoms with van der Waals surface area (Å²) in [6, 6.07) is 0. The van der Waals surface area contributed by atoms with Crippen LogP contribution in [0.4, 0.5) is 0 Å². The lowest BCUT2D eigenvalue weighted by molar-refractivity contribution is -0.205. The van der Waals surface area contributed by atoms with Crippen LogP contribution in [0, 0.1) is 44.3 Å². The second kappa shape index (κ2) is 8.83. The van der Waals surface area contributed by atoms with Gasteiger partial charge in [0.1, 0.15) is 0 Å². The summed E-state index contributed by atoms with van der Waals surface area (Å²) in [4.78, 5) is 12.7. The lowest BCUT2D eigenvalue weighted by Gasteiger charge is -2.71. The van der Waals surface area contributed by atoms with E-state index in [0.29, 0.717) is 11.8 Å². The van der Waals surface area contributed by atoms with Crippen molar-refractivity contribution in [1.82, 2.24) is 0 Å². The molecule has 0 aromatic heterocycles. The van der Waals surface area contributed by atoms with Crippen molar-refractivity contribution in [1.29, 1.82) is 0 Å². The van der Waals surface area contributed by atoms with E-state index >= 15 is 0 Å². The summed E-state index contributed by atoms with van der Waals surface area (Å²) >= 11 is 0. The highest BCUT2D eigenvalue weighted by Crippen LogP contribution is 2.75. The lowest BCUT2D eigenvalue weighted by Crippen LogP contribution is -2.64. The van der Waals surface area contributed by atoms with Crippen LogP contribution in [0.5, 0.6) is 0 Å². The van der Waals surface area contributed by atoms with Crippen molar-refractivity contribution < 1.29 is 20.1 Å². The largest absolute Gasteiger partial charge is 0.481 e. The van der Waals surface area contributed by atoms with Crippen LogP contribution < -0.4 is 0 Å². The van der Waals surface area contributed by atoms with Gasteiger partial charge in [-0.2, -0.15) is 0 Å². The number of fused-ring (bicyclic) bond motifs is 6. The summed E-state index contributed by atoms with van der Waals surface area (Å²) in [6.07, 6.45) is 11.2. The smallest absolute Gasteiger partial charge is 0.313 e. The predicted molar refractivity (Wildman–Crippen MR) is 146 cm³/mol. The molecule has 4 heteroatoms. The molecular weight excluding hydrogens is 448 g/mol. The van der Waals surface area contributed by atoms with Crippen molar-refractivity contribution in [2.24, 2.45) is 44.3 Å². The van der Waals surface area contributed by atoms with Crippen LogP contribution in [0.2, 0.25) is 0 Å². The van der Waals surface area contributed by atoms with Crippen LogP contribution in [0.25, 0.3) is 0 Å². The van der Waals surface area contributed by atoms with E-state index in [4.69, 9.17) is 5.11 Å². The zero-order valence-corrected chi connectivity index (χ0v) is 24.5. The molecule has 0 amide bonds. The van der Waals surface area contributed by atoms with Gasteiger partial charge in [0.15, 0.2) is 0 Å². The molecule has 4 saturated carbocycles. The first-order valence-electron chi connectivity index (χ1n) is 14.8. The summed E-state index contributed by atoms with van der Waals surface area (Å²) in [5.41, 5.74) is 3.05. The van der Waals surface area contributed by atoms with Gasteiger partial charge in [0, 0.05) is 6.61 Å². The quantitative estimate of drug-likeness (QED) is 0.327. The van der Waals surface area contributed by atoms with Gasteiger partial charge in [-0.3, -0.25) is 4.79 Å². The number of aliphatic hydroxyl groups is 2. The Morgan fingerprint density at radius 2 is 1.44 bits per heavy atom. The Kier molecular flexibility index (Phi) is 6.90. The summed E-state index contributed by atoms with van der Waals surface area (Å²) in [6.45, 7) is 18.9. The van der Waals surface area contributed by atoms with Gasteiger partial charge in [0.05, 0.1) is 11.5 Å². The van der Waals surface area contributed by atoms with Crippen molar-refractivity contribution in [2.75, 3.05) is 6.61 Å². The Balaban J connectivity index is 0.000000967. The lowest BCUT2D eigenvalue weighted by atomic mass is 9.34. The van der Waals surface area contributed by atoms with E-state index in [2.05, 4.69) is 48.5 Å². The molecule has 0 bridgehead atoms. The van der Waals surface area contributed by atoms with Crippen molar-refractivity contribution >= 4 is 5.97 Å². The fourth-order valence-corrected chi connectivity index (χ4v) is 10.6. The van der Waals surface area contributed by atoms with Crippen molar-refractivity contribution in [3.63, 3.8) is 0 Å². The summed E-state index contributed by atoms with van der Waals surface area (Å²) in [7, 11) is 0. The average Bonchev–Trinajstić information content (AvgIpc) is 2.77. The molecule has 5 aliphatic rings. The second-order valence-corrected chi connectivity index (χ2v) is 15.3. The third-order valence-electron chi connectivity index (χ3n) is 12.9. The van der Waals surface area contributed by atoms with Crippen molar-refractivity contribution in [3.05, 3.63) is 11.1 Å². The zero-order chi connectivity index (χ0) is 26.9. The first kappa shape index (κ1) is 28.1. The minimum atomic E-state index is -0.606. The molecule has 4 fully saturated rings. The van der Waals surface area contributed by atoms with Gasteiger partial charge in [0.25, 0.3) is 0 Å².